The first-order chi connectivity index (χ1) is 15.2. The van der Waals surface area contributed by atoms with Crippen molar-refractivity contribution in [2.75, 3.05) is 6.54 Å². The quantitative estimate of drug-likeness (QED) is 0.305. The molecule has 0 unspecified atom stereocenters. The van der Waals surface area contributed by atoms with E-state index in [9.17, 15) is 9.90 Å². The normalized spacial score (nSPS) is 11.8. The van der Waals surface area contributed by atoms with Gasteiger partial charge in [-0.15, -0.1) is 0 Å². The molecule has 2 N–H and O–H groups in total. The van der Waals surface area contributed by atoms with Crippen LogP contribution >= 0.6 is 0 Å². The summed E-state index contributed by atoms with van der Waals surface area (Å²) in [6, 6.07) is 20.3. The zero-order valence-electron chi connectivity index (χ0n) is 18.8. The summed E-state index contributed by atoms with van der Waals surface area (Å²) in [7, 11) is 0. The summed E-state index contributed by atoms with van der Waals surface area (Å²) in [6.07, 6.45) is 11.6. The highest BCUT2D eigenvalue weighted by atomic mass is 16.5. The maximum absolute atomic E-state index is 11.7. The fourth-order valence-corrected chi connectivity index (χ4v) is 3.68. The lowest BCUT2D eigenvalue weighted by atomic mass is 10.0. The topological polar surface area (TPSA) is 58.6 Å². The van der Waals surface area contributed by atoms with Crippen LogP contribution in [0.15, 0.2) is 60.7 Å². The Morgan fingerprint density at radius 1 is 0.742 bits per heavy atom. The number of rotatable bonds is 16. The molecule has 4 heteroatoms. The van der Waals surface area contributed by atoms with E-state index in [2.05, 4.69) is 35.6 Å². The van der Waals surface area contributed by atoms with Crippen molar-refractivity contribution < 1.29 is 14.6 Å². The van der Waals surface area contributed by atoms with Gasteiger partial charge in [0, 0.05) is 6.54 Å². The lowest BCUT2D eigenvalue weighted by molar-refractivity contribution is 0.134. The number of aliphatic hydroxyl groups excluding tert-OH is 1. The number of benzene rings is 2. The molecule has 1 atom stereocenters. The van der Waals surface area contributed by atoms with E-state index in [1.165, 1.54) is 50.5 Å². The Labute approximate surface area is 188 Å². The predicted molar refractivity (Wildman–Crippen MR) is 127 cm³/mol. The molecule has 2 aromatic rings. The van der Waals surface area contributed by atoms with E-state index in [1.54, 1.807) is 0 Å². The van der Waals surface area contributed by atoms with Gasteiger partial charge in [0.15, 0.2) is 0 Å². The van der Waals surface area contributed by atoms with Gasteiger partial charge in [-0.2, -0.15) is 0 Å². The Hall–Kier alpha value is -2.33. The molecule has 0 spiro atoms. The van der Waals surface area contributed by atoms with Gasteiger partial charge < -0.3 is 15.2 Å². The molecule has 0 radical (unpaired) electrons. The molecular formula is C27H39NO3. The van der Waals surface area contributed by atoms with Crippen molar-refractivity contribution in [3.05, 3.63) is 71.8 Å². The summed E-state index contributed by atoms with van der Waals surface area (Å²) in [5.41, 5.74) is 2.41. The first kappa shape index (κ1) is 24.9. The summed E-state index contributed by atoms with van der Waals surface area (Å²) in [5, 5.41) is 12.9. The summed E-state index contributed by atoms with van der Waals surface area (Å²) >= 11 is 0. The molecule has 2 rings (SSSR count). The van der Waals surface area contributed by atoms with Gasteiger partial charge in [-0.3, -0.25) is 0 Å². The van der Waals surface area contributed by atoms with Gasteiger partial charge in [0.05, 0.1) is 6.10 Å². The Morgan fingerprint density at radius 3 is 1.97 bits per heavy atom. The van der Waals surface area contributed by atoms with Gasteiger partial charge in [0.2, 0.25) is 0 Å². The second-order valence-electron chi connectivity index (χ2n) is 8.28. The molecule has 2 aromatic carbocycles. The summed E-state index contributed by atoms with van der Waals surface area (Å²) in [4.78, 5) is 11.7. The first-order valence-corrected chi connectivity index (χ1v) is 11.9. The van der Waals surface area contributed by atoms with Gasteiger partial charge in [-0.25, -0.2) is 4.79 Å². The van der Waals surface area contributed by atoms with Crippen molar-refractivity contribution in [1.29, 1.82) is 0 Å². The Kier molecular flexibility index (Phi) is 13.2. The maximum Gasteiger partial charge on any atom is 0.407 e. The fraction of sp³-hybridized carbons (Fsp3) is 0.519. The number of nitrogens with one attached hydrogen (secondary N) is 1. The largest absolute Gasteiger partial charge is 0.445 e. The maximum atomic E-state index is 11.7. The standard InChI is InChI=1S/C27H39NO3/c29-26(21-14-22-28-27(30)31-23-25-18-11-7-12-19-25)20-13-5-3-1-2-4-8-15-24-16-9-6-10-17-24/h6-7,9-12,16-19,26,29H,1-5,8,13-15,20-23H2,(H,28,30)/t26-/m0/s1. The molecule has 0 aliphatic heterocycles. The van der Waals surface area contributed by atoms with E-state index in [-0.39, 0.29) is 12.7 Å². The monoisotopic (exact) mass is 425 g/mol. The fourth-order valence-electron chi connectivity index (χ4n) is 3.68. The predicted octanol–water partition coefficient (Wildman–Crippen LogP) is 6.42. The molecule has 1 amide bonds. The number of hydrogen-bond donors (Lipinski definition) is 2. The van der Waals surface area contributed by atoms with Gasteiger partial charge in [-0.1, -0.05) is 99.2 Å². The van der Waals surface area contributed by atoms with Crippen LogP contribution in [0.5, 0.6) is 0 Å². The second-order valence-corrected chi connectivity index (χ2v) is 8.28. The zero-order valence-corrected chi connectivity index (χ0v) is 18.8. The molecule has 170 valence electrons. The lowest BCUT2D eigenvalue weighted by Gasteiger charge is -2.11. The van der Waals surface area contributed by atoms with Crippen LogP contribution in [-0.2, 0) is 17.8 Å². The van der Waals surface area contributed by atoms with Crippen LogP contribution in [0.4, 0.5) is 4.79 Å². The molecule has 0 aliphatic rings. The minimum absolute atomic E-state index is 0.270. The molecular weight excluding hydrogens is 386 g/mol. The molecule has 0 heterocycles. The van der Waals surface area contributed by atoms with E-state index < -0.39 is 6.09 Å². The number of aryl methyl sites for hydroxylation is 1. The third-order valence-electron chi connectivity index (χ3n) is 5.54. The van der Waals surface area contributed by atoms with Crippen LogP contribution in [0.25, 0.3) is 0 Å². The van der Waals surface area contributed by atoms with E-state index in [4.69, 9.17) is 4.74 Å². The number of amides is 1. The molecule has 0 aromatic heterocycles. The van der Waals surface area contributed by atoms with E-state index in [0.29, 0.717) is 6.54 Å². The molecule has 0 saturated carbocycles. The molecule has 0 aliphatic carbocycles. The van der Waals surface area contributed by atoms with Gasteiger partial charge in [0.25, 0.3) is 0 Å². The number of hydrogen-bond acceptors (Lipinski definition) is 3. The number of carbonyl (C=O) groups is 1. The Morgan fingerprint density at radius 2 is 1.29 bits per heavy atom. The summed E-state index contributed by atoms with van der Waals surface area (Å²) in [6.45, 7) is 0.815. The van der Waals surface area contributed by atoms with Crippen molar-refractivity contribution in [1.82, 2.24) is 5.32 Å². The molecule has 4 nitrogen and oxygen atoms in total. The average Bonchev–Trinajstić information content (AvgIpc) is 2.81. The second kappa shape index (κ2) is 16.4. The third-order valence-corrected chi connectivity index (χ3v) is 5.54. The van der Waals surface area contributed by atoms with Crippen LogP contribution in [0, 0.1) is 0 Å². The van der Waals surface area contributed by atoms with E-state index in [0.717, 1.165) is 31.2 Å². The van der Waals surface area contributed by atoms with Crippen LogP contribution in [0.2, 0.25) is 0 Å². The van der Waals surface area contributed by atoms with Crippen LogP contribution in [0.3, 0.4) is 0 Å². The number of aliphatic hydroxyl groups is 1. The number of alkyl carbamates (subject to hydrolysis) is 1. The number of unbranched alkanes of at least 4 members (excludes halogenated alkanes) is 6. The smallest absolute Gasteiger partial charge is 0.407 e. The van der Waals surface area contributed by atoms with Crippen LogP contribution in [0.1, 0.15) is 75.3 Å². The van der Waals surface area contributed by atoms with Gasteiger partial charge in [0.1, 0.15) is 6.61 Å². The molecule has 0 saturated heterocycles. The first-order valence-electron chi connectivity index (χ1n) is 11.9. The van der Waals surface area contributed by atoms with Crippen LogP contribution in [-0.4, -0.2) is 23.8 Å². The molecule has 31 heavy (non-hydrogen) atoms. The Bertz CT molecular complexity index is 690. The molecule has 0 bridgehead atoms. The lowest BCUT2D eigenvalue weighted by Crippen LogP contribution is -2.26. The summed E-state index contributed by atoms with van der Waals surface area (Å²) in [5.74, 6) is 0. The van der Waals surface area contributed by atoms with E-state index >= 15 is 0 Å². The minimum Gasteiger partial charge on any atom is -0.445 e. The average molecular weight is 426 g/mol. The van der Waals surface area contributed by atoms with Crippen molar-refractivity contribution >= 4 is 6.09 Å². The molecule has 0 fully saturated rings. The number of carbonyl (C=O) groups excluding carboxylic acids is 1. The summed E-state index contributed by atoms with van der Waals surface area (Å²) < 4.78 is 5.17. The van der Waals surface area contributed by atoms with Crippen molar-refractivity contribution in [2.24, 2.45) is 0 Å². The highest BCUT2D eigenvalue weighted by Gasteiger charge is 2.06. The SMILES string of the molecule is O=C(NCCC[C@@H](O)CCCCCCCCCc1ccccc1)OCc1ccccc1. The zero-order chi connectivity index (χ0) is 22.0. The third kappa shape index (κ3) is 12.8. The minimum atomic E-state index is -0.401. The van der Waals surface area contributed by atoms with Gasteiger partial charge in [-0.05, 0) is 43.2 Å². The van der Waals surface area contributed by atoms with Crippen molar-refractivity contribution in [2.45, 2.75) is 83.3 Å². The Balaban J connectivity index is 1.34. The highest BCUT2D eigenvalue weighted by Crippen LogP contribution is 2.13. The van der Waals surface area contributed by atoms with E-state index in [1.807, 2.05) is 30.3 Å². The van der Waals surface area contributed by atoms with Crippen molar-refractivity contribution in [3.8, 4) is 0 Å². The number of ether oxygens (including phenoxy) is 1. The van der Waals surface area contributed by atoms with Gasteiger partial charge >= 0.3 is 6.09 Å². The van der Waals surface area contributed by atoms with Crippen LogP contribution < -0.4 is 5.32 Å². The van der Waals surface area contributed by atoms with Crippen molar-refractivity contribution in [3.63, 3.8) is 0 Å². The highest BCUT2D eigenvalue weighted by molar-refractivity contribution is 5.67.